The molecule has 0 aliphatic rings. The van der Waals surface area contributed by atoms with Gasteiger partial charge in [0, 0.05) is 35.2 Å². The van der Waals surface area contributed by atoms with E-state index in [-0.39, 0.29) is 5.91 Å². The molecule has 0 fully saturated rings. The number of pyridine rings is 1. The van der Waals surface area contributed by atoms with Crippen molar-refractivity contribution in [3.8, 4) is 0 Å². The molecule has 0 bridgehead atoms. The Labute approximate surface area is 129 Å². The first-order chi connectivity index (χ1) is 10.1. The first-order valence-corrected chi connectivity index (χ1v) is 7.84. The number of aromatic nitrogens is 1. The van der Waals surface area contributed by atoms with E-state index in [2.05, 4.69) is 29.4 Å². The van der Waals surface area contributed by atoms with Crippen LogP contribution in [0, 0.1) is 6.92 Å². The van der Waals surface area contributed by atoms with Crippen molar-refractivity contribution in [3.63, 3.8) is 0 Å². The van der Waals surface area contributed by atoms with Gasteiger partial charge in [-0.1, -0.05) is 6.07 Å². The molecular formula is C16H21N3OS. The maximum Gasteiger partial charge on any atom is 0.234 e. The van der Waals surface area contributed by atoms with Crippen LogP contribution in [0.15, 0.2) is 36.7 Å². The van der Waals surface area contributed by atoms with E-state index in [9.17, 15) is 4.79 Å². The molecule has 0 aliphatic carbocycles. The van der Waals surface area contributed by atoms with Crippen LogP contribution in [0.25, 0.3) is 0 Å². The monoisotopic (exact) mass is 303 g/mol. The second kappa shape index (κ2) is 7.90. The van der Waals surface area contributed by atoms with Gasteiger partial charge in [-0.3, -0.25) is 14.7 Å². The number of hydrogen-bond acceptors (Lipinski definition) is 4. The first kappa shape index (κ1) is 15.7. The Bertz CT molecular complexity index is 568. The summed E-state index contributed by atoms with van der Waals surface area (Å²) in [5, 5.41) is 2.97. The molecule has 0 radical (unpaired) electrons. The van der Waals surface area contributed by atoms with Gasteiger partial charge in [-0.15, -0.1) is 11.3 Å². The first-order valence-electron chi connectivity index (χ1n) is 7.03. The van der Waals surface area contributed by atoms with E-state index in [1.54, 1.807) is 17.5 Å². The summed E-state index contributed by atoms with van der Waals surface area (Å²) in [7, 11) is 1.94. The number of nitrogens with zero attached hydrogens (tertiary/aromatic N) is 2. The van der Waals surface area contributed by atoms with Gasteiger partial charge in [-0.2, -0.15) is 0 Å². The highest BCUT2D eigenvalue weighted by Gasteiger charge is 2.07. The molecule has 0 atom stereocenters. The maximum absolute atomic E-state index is 11.9. The van der Waals surface area contributed by atoms with Gasteiger partial charge in [0.2, 0.25) is 5.91 Å². The van der Waals surface area contributed by atoms with Gasteiger partial charge in [0.25, 0.3) is 0 Å². The van der Waals surface area contributed by atoms with Crippen LogP contribution in [0.1, 0.15) is 15.3 Å². The number of carbonyl (C=O) groups excluding carboxylic acids is 1. The molecule has 0 aromatic carbocycles. The van der Waals surface area contributed by atoms with E-state index < -0.39 is 0 Å². The molecule has 1 N–H and O–H groups in total. The van der Waals surface area contributed by atoms with Crippen molar-refractivity contribution in [3.05, 3.63) is 52.0 Å². The second-order valence-electron chi connectivity index (χ2n) is 5.15. The summed E-state index contributed by atoms with van der Waals surface area (Å²) in [6.07, 6.45) is 4.48. The molecule has 112 valence electrons. The molecule has 0 spiro atoms. The van der Waals surface area contributed by atoms with Gasteiger partial charge in [-0.05, 0) is 44.2 Å². The normalized spacial score (nSPS) is 10.8. The van der Waals surface area contributed by atoms with Crippen molar-refractivity contribution in [2.45, 2.75) is 19.9 Å². The molecule has 0 aliphatic heterocycles. The fourth-order valence-electron chi connectivity index (χ4n) is 2.10. The van der Waals surface area contributed by atoms with E-state index in [4.69, 9.17) is 0 Å². The van der Waals surface area contributed by atoms with Crippen molar-refractivity contribution < 1.29 is 4.79 Å². The summed E-state index contributed by atoms with van der Waals surface area (Å²) in [5.74, 6) is 0.0645. The van der Waals surface area contributed by atoms with Crippen molar-refractivity contribution in [1.29, 1.82) is 0 Å². The number of nitrogens with one attached hydrogen (secondary N) is 1. The molecule has 0 unspecified atom stereocenters. The molecule has 0 saturated carbocycles. The predicted molar refractivity (Wildman–Crippen MR) is 86.3 cm³/mol. The lowest BCUT2D eigenvalue weighted by Crippen LogP contribution is -2.35. The zero-order valence-electron chi connectivity index (χ0n) is 12.5. The molecule has 2 heterocycles. The minimum absolute atomic E-state index is 0.0645. The number of amides is 1. The molecule has 1 amide bonds. The van der Waals surface area contributed by atoms with Crippen molar-refractivity contribution in [2.75, 3.05) is 20.1 Å². The largest absolute Gasteiger partial charge is 0.355 e. The number of aryl methyl sites for hydroxylation is 1. The molecule has 5 heteroatoms. The van der Waals surface area contributed by atoms with Gasteiger partial charge in [0.1, 0.15) is 0 Å². The van der Waals surface area contributed by atoms with Gasteiger partial charge in [0.05, 0.1) is 6.54 Å². The van der Waals surface area contributed by atoms with Gasteiger partial charge < -0.3 is 5.32 Å². The second-order valence-corrected chi connectivity index (χ2v) is 6.52. The van der Waals surface area contributed by atoms with E-state index in [0.717, 1.165) is 18.5 Å². The Hall–Kier alpha value is -1.72. The molecule has 21 heavy (non-hydrogen) atoms. The highest BCUT2D eigenvalue weighted by Crippen LogP contribution is 2.14. The van der Waals surface area contributed by atoms with Crippen LogP contribution in [-0.4, -0.2) is 35.9 Å². The van der Waals surface area contributed by atoms with Crippen molar-refractivity contribution >= 4 is 17.2 Å². The van der Waals surface area contributed by atoms with Crippen LogP contribution in [0.2, 0.25) is 0 Å². The lowest BCUT2D eigenvalue weighted by Gasteiger charge is -2.16. The van der Waals surface area contributed by atoms with Gasteiger partial charge >= 0.3 is 0 Å². The third kappa shape index (κ3) is 5.65. The summed E-state index contributed by atoms with van der Waals surface area (Å²) < 4.78 is 0. The summed E-state index contributed by atoms with van der Waals surface area (Å²) in [6, 6.07) is 8.16. The van der Waals surface area contributed by atoms with E-state index in [1.807, 2.05) is 30.3 Å². The van der Waals surface area contributed by atoms with Crippen LogP contribution < -0.4 is 5.32 Å². The fourth-order valence-corrected chi connectivity index (χ4v) is 2.99. The average Bonchev–Trinajstić information content (AvgIpc) is 2.85. The zero-order chi connectivity index (χ0) is 15.1. The van der Waals surface area contributed by atoms with Crippen LogP contribution in [0.3, 0.4) is 0 Å². The minimum atomic E-state index is 0.0645. The van der Waals surface area contributed by atoms with Crippen molar-refractivity contribution in [2.24, 2.45) is 0 Å². The minimum Gasteiger partial charge on any atom is -0.355 e. The molecule has 2 aromatic heterocycles. The predicted octanol–water partition coefficient (Wildman–Crippen LogP) is 2.24. The Morgan fingerprint density at radius 3 is 2.90 bits per heavy atom. The third-order valence-electron chi connectivity index (χ3n) is 3.08. The number of carbonyl (C=O) groups is 1. The average molecular weight is 303 g/mol. The topological polar surface area (TPSA) is 45.2 Å². The number of rotatable bonds is 7. The molecular weight excluding hydrogens is 282 g/mol. The number of likely N-dealkylation sites (N-methyl/N-ethyl adjacent to an activating group) is 1. The zero-order valence-corrected chi connectivity index (χ0v) is 13.3. The summed E-state index contributed by atoms with van der Waals surface area (Å²) in [5.41, 5.74) is 1.11. The SMILES string of the molecule is Cc1ccc(CCNC(=O)CN(C)Cc2cccnc2)s1. The Morgan fingerprint density at radius 2 is 2.24 bits per heavy atom. The Morgan fingerprint density at radius 1 is 1.38 bits per heavy atom. The molecule has 0 saturated heterocycles. The highest BCUT2D eigenvalue weighted by atomic mass is 32.1. The molecule has 2 rings (SSSR count). The van der Waals surface area contributed by atoms with E-state index >= 15 is 0 Å². The Kier molecular flexibility index (Phi) is 5.90. The van der Waals surface area contributed by atoms with Crippen LogP contribution in [0.5, 0.6) is 0 Å². The smallest absolute Gasteiger partial charge is 0.234 e. The van der Waals surface area contributed by atoms with E-state index in [1.165, 1.54) is 9.75 Å². The molecule has 2 aromatic rings. The Balaban J connectivity index is 1.67. The summed E-state index contributed by atoms with van der Waals surface area (Å²) in [6.45, 7) is 3.92. The van der Waals surface area contributed by atoms with Gasteiger partial charge in [-0.25, -0.2) is 0 Å². The number of hydrogen-bond donors (Lipinski definition) is 1. The van der Waals surface area contributed by atoms with Crippen molar-refractivity contribution in [1.82, 2.24) is 15.2 Å². The van der Waals surface area contributed by atoms with Crippen LogP contribution in [-0.2, 0) is 17.8 Å². The quantitative estimate of drug-likeness (QED) is 0.853. The third-order valence-corrected chi connectivity index (χ3v) is 4.14. The summed E-state index contributed by atoms with van der Waals surface area (Å²) >= 11 is 1.79. The fraction of sp³-hybridized carbons (Fsp3) is 0.375. The standard InChI is InChI=1S/C16H21N3OS/c1-13-5-6-15(21-13)7-9-18-16(20)12-19(2)11-14-4-3-8-17-10-14/h3-6,8,10H,7,9,11-12H2,1-2H3,(H,18,20). The van der Waals surface area contributed by atoms with Crippen LogP contribution >= 0.6 is 11.3 Å². The maximum atomic E-state index is 11.9. The van der Waals surface area contributed by atoms with Crippen LogP contribution in [0.4, 0.5) is 0 Å². The molecule has 4 nitrogen and oxygen atoms in total. The number of thiophene rings is 1. The summed E-state index contributed by atoms with van der Waals surface area (Å²) in [4.78, 5) is 20.6. The lowest BCUT2D eigenvalue weighted by molar-refractivity contribution is -0.122. The van der Waals surface area contributed by atoms with E-state index in [0.29, 0.717) is 13.1 Å². The van der Waals surface area contributed by atoms with Gasteiger partial charge in [0.15, 0.2) is 0 Å². The lowest BCUT2D eigenvalue weighted by atomic mass is 10.2. The highest BCUT2D eigenvalue weighted by molar-refractivity contribution is 7.11.